The molecule has 2 unspecified atom stereocenters. The molecule has 0 aromatic carbocycles. The molecular weight excluding hydrogens is 332 g/mol. The first-order valence-corrected chi connectivity index (χ1v) is 7.72. The maximum Gasteiger partial charge on any atom is 0.417 e. The molecule has 1 fully saturated rings. The van der Waals surface area contributed by atoms with Crippen LogP contribution in [-0.2, 0) is 9.05 Å². The molecule has 1 saturated heterocycles. The minimum atomic E-state index is -0.893. The standard InChI is InChI=1S/C7H14B2N6O5P2/c8-14-21-19-6(17)12-5(13-7(18)20-22-15-9)11-3-1-10-2-4(3)16/h3-4,10,14-16,21-22H,1-2H2,(H2,11,12,13,17,18)/t3-,4-/m1/s1. The van der Waals surface area contributed by atoms with E-state index in [1.54, 1.807) is 0 Å². The molecule has 4 atom stereocenters. The lowest BCUT2D eigenvalue weighted by Crippen LogP contribution is -2.45. The quantitative estimate of drug-likeness (QED) is 0.139. The third kappa shape index (κ3) is 7.35. The summed E-state index contributed by atoms with van der Waals surface area (Å²) in [5.74, 6) is -0.230. The first-order valence-electron chi connectivity index (χ1n) is 5.90. The van der Waals surface area contributed by atoms with Gasteiger partial charge in [0, 0.05) is 13.1 Å². The van der Waals surface area contributed by atoms with Gasteiger partial charge in [0.25, 0.3) is 0 Å². The van der Waals surface area contributed by atoms with Crippen LogP contribution in [0.2, 0.25) is 0 Å². The molecular formula is C7H14B2N6O5P2. The van der Waals surface area contributed by atoms with Gasteiger partial charge in [0.15, 0.2) is 16.0 Å². The summed E-state index contributed by atoms with van der Waals surface area (Å²) in [5.41, 5.74) is 0. The smallest absolute Gasteiger partial charge is 0.416 e. The Morgan fingerprint density at radius 3 is 2.09 bits per heavy atom. The summed E-state index contributed by atoms with van der Waals surface area (Å²) in [6.07, 6.45) is -2.53. The number of carbonyl (C=O) groups is 2. The summed E-state index contributed by atoms with van der Waals surface area (Å²) in [6.45, 7) is 0.740. The largest absolute Gasteiger partial charge is 0.417 e. The molecule has 1 aliphatic heterocycles. The number of hydrogen-bond donors (Lipinski definition) is 6. The normalized spacial score (nSPS) is 21.1. The highest BCUT2D eigenvalue weighted by atomic mass is 31.1. The van der Waals surface area contributed by atoms with Crippen LogP contribution in [0.1, 0.15) is 0 Å². The van der Waals surface area contributed by atoms with Crippen molar-refractivity contribution in [3.05, 3.63) is 0 Å². The van der Waals surface area contributed by atoms with Gasteiger partial charge in [-0.1, -0.05) is 0 Å². The predicted octanol–water partition coefficient (Wildman–Crippen LogP) is -2.51. The SMILES string of the molecule is [B]NPOC(=O)NC(=N[C@@H]1CNC[C@H]1O)NC(=O)OPN[B]. The number of amides is 2. The highest BCUT2D eigenvalue weighted by Gasteiger charge is 2.25. The monoisotopic (exact) mass is 346 g/mol. The second kappa shape index (κ2) is 10.7. The number of guanidine groups is 1. The van der Waals surface area contributed by atoms with Crippen LogP contribution >= 0.6 is 17.9 Å². The molecule has 0 aromatic rings. The second-order valence-electron chi connectivity index (χ2n) is 3.79. The Balaban J connectivity index is 2.65. The molecule has 0 spiro atoms. The zero-order valence-corrected chi connectivity index (χ0v) is 13.3. The topological polar surface area (TPSA) is 145 Å². The first-order chi connectivity index (χ1) is 10.6. The van der Waals surface area contributed by atoms with Crippen LogP contribution in [0.15, 0.2) is 4.99 Å². The van der Waals surface area contributed by atoms with Crippen molar-refractivity contribution in [3.8, 4) is 0 Å². The average Bonchev–Trinajstić information content (AvgIpc) is 2.88. The van der Waals surface area contributed by atoms with E-state index in [9.17, 15) is 14.7 Å². The van der Waals surface area contributed by atoms with E-state index < -0.39 is 42.2 Å². The van der Waals surface area contributed by atoms with E-state index in [-0.39, 0.29) is 5.96 Å². The van der Waals surface area contributed by atoms with Crippen LogP contribution < -0.4 is 25.9 Å². The molecule has 22 heavy (non-hydrogen) atoms. The van der Waals surface area contributed by atoms with Crippen LogP contribution in [0.3, 0.4) is 0 Å². The van der Waals surface area contributed by atoms with Crippen LogP contribution in [-0.4, -0.2) is 64.5 Å². The molecule has 0 aromatic heterocycles. The van der Waals surface area contributed by atoms with Crippen LogP contribution in [0.4, 0.5) is 9.59 Å². The van der Waals surface area contributed by atoms with Gasteiger partial charge in [-0.05, 0) is 0 Å². The molecule has 15 heteroatoms. The highest BCUT2D eigenvalue weighted by molar-refractivity contribution is 7.32. The van der Waals surface area contributed by atoms with Crippen LogP contribution in [0.25, 0.3) is 0 Å². The number of nitrogens with zero attached hydrogens (tertiary/aromatic N) is 1. The molecule has 11 nitrogen and oxygen atoms in total. The van der Waals surface area contributed by atoms with Crippen molar-refractivity contribution in [2.75, 3.05) is 13.1 Å². The fraction of sp³-hybridized carbons (Fsp3) is 0.571. The number of β-amino-alcohol motifs (C(OH)–C–C–N with tert-alkyl or cyclic N) is 1. The number of hydrogen-bond acceptors (Lipinski definition) is 9. The summed E-state index contributed by atoms with van der Waals surface area (Å²) >= 11 is 0. The molecule has 0 saturated carbocycles. The van der Waals surface area contributed by atoms with E-state index in [1.165, 1.54) is 0 Å². The van der Waals surface area contributed by atoms with Gasteiger partial charge in [0.2, 0.25) is 5.96 Å². The molecule has 1 aliphatic rings. The van der Waals surface area contributed by atoms with E-state index in [1.807, 2.05) is 0 Å². The lowest BCUT2D eigenvalue weighted by Gasteiger charge is -2.14. The highest BCUT2D eigenvalue weighted by Crippen LogP contribution is 2.06. The van der Waals surface area contributed by atoms with Gasteiger partial charge >= 0.3 is 12.2 Å². The third-order valence-corrected chi connectivity index (χ3v) is 3.10. The van der Waals surface area contributed by atoms with Crippen molar-refractivity contribution in [2.24, 2.45) is 4.99 Å². The number of carbonyl (C=O) groups excluding carboxylic acids is 2. The maximum atomic E-state index is 11.5. The van der Waals surface area contributed by atoms with Crippen molar-refractivity contribution in [1.82, 2.24) is 25.9 Å². The van der Waals surface area contributed by atoms with Gasteiger partial charge in [-0.15, -0.1) is 0 Å². The van der Waals surface area contributed by atoms with Crippen molar-refractivity contribution in [1.29, 1.82) is 0 Å². The van der Waals surface area contributed by atoms with Crippen molar-refractivity contribution in [2.45, 2.75) is 12.1 Å². The summed E-state index contributed by atoms with van der Waals surface area (Å²) in [7, 11) is 8.99. The molecule has 4 radical (unpaired) electrons. The third-order valence-electron chi connectivity index (χ3n) is 2.29. The Bertz CT molecular complexity index is 395. The maximum absolute atomic E-state index is 11.5. The van der Waals surface area contributed by atoms with Gasteiger partial charge < -0.3 is 29.5 Å². The Labute approximate surface area is 132 Å². The van der Waals surface area contributed by atoms with Crippen molar-refractivity contribution in [3.63, 3.8) is 0 Å². The van der Waals surface area contributed by atoms with Gasteiger partial charge in [-0.25, -0.2) is 14.6 Å². The Kier molecular flexibility index (Phi) is 9.30. The van der Waals surface area contributed by atoms with Crippen LogP contribution in [0.5, 0.6) is 0 Å². The molecule has 118 valence electrons. The fourth-order valence-corrected chi connectivity index (χ4v) is 1.85. The average molecular weight is 346 g/mol. The van der Waals surface area contributed by atoms with E-state index in [4.69, 9.17) is 16.0 Å². The van der Waals surface area contributed by atoms with Crippen molar-refractivity contribution < 1.29 is 23.7 Å². The number of aliphatic hydroxyl groups is 1. The lowest BCUT2D eigenvalue weighted by atomic mass is 10.2. The van der Waals surface area contributed by atoms with E-state index in [2.05, 4.69) is 40.0 Å². The Morgan fingerprint density at radius 2 is 1.68 bits per heavy atom. The number of nitrogens with one attached hydrogen (secondary N) is 5. The number of aliphatic imine (C=N–C) groups is 1. The Hall–Kier alpha value is -0.960. The van der Waals surface area contributed by atoms with Gasteiger partial charge in [0.1, 0.15) is 17.9 Å². The van der Waals surface area contributed by atoms with E-state index in [0.29, 0.717) is 13.1 Å². The van der Waals surface area contributed by atoms with Crippen LogP contribution in [0, 0.1) is 0 Å². The van der Waals surface area contributed by atoms with Gasteiger partial charge in [-0.3, -0.25) is 10.6 Å². The summed E-state index contributed by atoms with van der Waals surface area (Å²) in [6, 6.07) is -0.541. The lowest BCUT2D eigenvalue weighted by molar-refractivity contribution is 0.179. The molecule has 1 heterocycles. The fourth-order valence-electron chi connectivity index (χ4n) is 1.44. The summed E-state index contributed by atoms with van der Waals surface area (Å²) < 4.78 is 9.27. The number of aliphatic hydroxyl groups excluding tert-OH is 1. The summed E-state index contributed by atoms with van der Waals surface area (Å²) in [5, 5.41) is 17.0. The zero-order chi connectivity index (χ0) is 16.4. The molecule has 0 aliphatic carbocycles. The second-order valence-corrected chi connectivity index (χ2v) is 5.19. The Morgan fingerprint density at radius 1 is 1.14 bits per heavy atom. The summed E-state index contributed by atoms with van der Waals surface area (Å²) in [4.78, 5) is 31.2. The first kappa shape index (κ1) is 19.1. The zero-order valence-electron chi connectivity index (χ0n) is 11.3. The van der Waals surface area contributed by atoms with Gasteiger partial charge in [0.05, 0.1) is 12.1 Å². The number of rotatable bonds is 5. The van der Waals surface area contributed by atoms with E-state index in [0.717, 1.165) is 0 Å². The van der Waals surface area contributed by atoms with Gasteiger partial charge in [-0.2, -0.15) is 0 Å². The van der Waals surface area contributed by atoms with E-state index >= 15 is 0 Å². The molecule has 1 rings (SSSR count). The molecule has 0 bridgehead atoms. The minimum absolute atomic E-state index is 0.230. The minimum Gasteiger partial charge on any atom is -0.416 e. The molecule has 6 N–H and O–H groups in total. The predicted molar refractivity (Wildman–Crippen MR) is 83.7 cm³/mol. The van der Waals surface area contributed by atoms with Crippen molar-refractivity contribution >= 4 is 52.0 Å². The molecule has 2 amide bonds.